The van der Waals surface area contributed by atoms with Gasteiger partial charge in [-0.15, -0.1) is 0 Å². The van der Waals surface area contributed by atoms with Crippen LogP contribution < -0.4 is 24.8 Å². The third kappa shape index (κ3) is 4.68. The molecule has 0 saturated heterocycles. The van der Waals surface area contributed by atoms with E-state index in [1.807, 2.05) is 0 Å². The van der Waals surface area contributed by atoms with E-state index in [9.17, 15) is 0 Å². The van der Waals surface area contributed by atoms with Crippen LogP contribution in [0.1, 0.15) is 0 Å². The van der Waals surface area contributed by atoms with Crippen LogP contribution in [0.4, 0.5) is 0 Å². The third-order valence-electron chi connectivity index (χ3n) is 0.598. The van der Waals surface area contributed by atoms with E-state index in [1.54, 1.807) is 25.7 Å². The summed E-state index contributed by atoms with van der Waals surface area (Å²) in [6.45, 7) is 0. The number of rotatable bonds is 0. The molecule has 0 fully saturated rings. The Hall–Kier alpha value is 1.83. The van der Waals surface area contributed by atoms with Gasteiger partial charge < -0.3 is 24.8 Å². The molecule has 1 heterocycles. The van der Waals surface area contributed by atoms with Crippen LogP contribution in [0.25, 0.3) is 0 Å². The van der Waals surface area contributed by atoms with Crippen LogP contribution in [0.5, 0.6) is 0 Å². The zero-order chi connectivity index (χ0) is 4.41. The molecule has 0 nitrogen and oxygen atoms in total. The first-order chi connectivity index (χ1) is 2.89. The van der Waals surface area contributed by atoms with Crippen molar-refractivity contribution >= 4 is 23.2 Å². The SMILES string of the molecule is [Cl-].[Cl-].[Zr+2][C]1=CC=[CH][BiH]1. The summed E-state index contributed by atoms with van der Waals surface area (Å²) in [5.74, 6) is 0. The van der Waals surface area contributed by atoms with Gasteiger partial charge >= 0.3 is 64.9 Å². The number of hydrogen-bond donors (Lipinski definition) is 0. The molecular weight excluding hydrogens is 419 g/mol. The number of hydrogen-bond acceptors (Lipinski definition) is 0. The molecule has 0 N–H and O–H groups in total. The molecule has 0 unspecified atom stereocenters. The van der Waals surface area contributed by atoms with Gasteiger partial charge in [-0.1, -0.05) is 0 Å². The van der Waals surface area contributed by atoms with Crippen molar-refractivity contribution in [2.45, 2.75) is 0 Å². The van der Waals surface area contributed by atoms with Crippen LogP contribution in [0, 0.1) is 0 Å². The summed E-state index contributed by atoms with van der Waals surface area (Å²) >= 11 is 1.43. The summed E-state index contributed by atoms with van der Waals surface area (Å²) in [5.41, 5.74) is 0. The van der Waals surface area contributed by atoms with Crippen LogP contribution >= 0.6 is 0 Å². The Morgan fingerprint density at radius 1 is 1.38 bits per heavy atom. The van der Waals surface area contributed by atoms with Crippen molar-refractivity contribution in [2.75, 3.05) is 0 Å². The molecule has 1 aliphatic rings. The molecule has 0 aromatic heterocycles. The molecule has 8 heavy (non-hydrogen) atoms. The van der Waals surface area contributed by atoms with E-state index in [0.29, 0.717) is 0 Å². The summed E-state index contributed by atoms with van der Waals surface area (Å²) in [5, 5.41) is 0. The van der Waals surface area contributed by atoms with Crippen LogP contribution in [0.15, 0.2) is 16.9 Å². The van der Waals surface area contributed by atoms with Crippen LogP contribution in [-0.4, -0.2) is 23.2 Å². The summed E-state index contributed by atoms with van der Waals surface area (Å²) in [7, 11) is 0. The quantitative estimate of drug-likeness (QED) is 0.341. The standard InChI is InChI=1S/C4H3.Bi.2ClH.Zr.H/c1-3-4-2;;;;;/h1,3-4H;;2*1H;;/q;;;;+2;/p-2. The van der Waals surface area contributed by atoms with Crippen molar-refractivity contribution in [1.82, 2.24) is 0 Å². The minimum absolute atomic E-state index is 0. The van der Waals surface area contributed by atoms with Gasteiger partial charge in [0.25, 0.3) is 0 Å². The molecule has 1 rings (SSSR count). The molecule has 0 aromatic rings. The van der Waals surface area contributed by atoms with E-state index in [1.165, 1.54) is 0 Å². The average Bonchev–Trinajstić information content (AvgIpc) is 1.86. The Balaban J connectivity index is 0. The Labute approximate surface area is 88.4 Å². The van der Waals surface area contributed by atoms with Crippen molar-refractivity contribution in [3.63, 3.8) is 0 Å². The molecule has 0 spiro atoms. The predicted molar refractivity (Wildman–Crippen MR) is 24.4 cm³/mol. The number of allylic oxidation sites excluding steroid dienone is 2. The van der Waals surface area contributed by atoms with Crippen molar-refractivity contribution < 1.29 is 49.5 Å². The predicted octanol–water partition coefficient (Wildman–Crippen LogP) is -5.65. The van der Waals surface area contributed by atoms with E-state index in [-0.39, 0.29) is 48.0 Å². The molecule has 43 valence electrons. The zero-order valence-corrected chi connectivity index (χ0v) is 11.8. The minimum atomic E-state index is -0.219. The van der Waals surface area contributed by atoms with Gasteiger partial charge in [0.05, 0.1) is 0 Å². The molecule has 4 heteroatoms. The second kappa shape index (κ2) is 6.94. The van der Waals surface area contributed by atoms with Gasteiger partial charge in [-0.25, -0.2) is 0 Å². The van der Waals surface area contributed by atoms with Gasteiger partial charge in [0.15, 0.2) is 0 Å². The maximum atomic E-state index is 2.38. The van der Waals surface area contributed by atoms with Gasteiger partial charge in [0, 0.05) is 0 Å². The molecular formula is C4H4BiCl2Zr. The number of halogens is 2. The molecule has 0 saturated carbocycles. The van der Waals surface area contributed by atoms with E-state index in [0.717, 1.165) is 0 Å². The Morgan fingerprint density at radius 3 is 2.12 bits per heavy atom. The molecule has 1 aliphatic heterocycles. The summed E-state index contributed by atoms with van der Waals surface area (Å²) < 4.78 is 4.13. The first-order valence-corrected chi connectivity index (χ1v) is 7.16. The van der Waals surface area contributed by atoms with Crippen molar-refractivity contribution in [3.8, 4) is 0 Å². The van der Waals surface area contributed by atoms with Crippen LogP contribution in [-0.2, 0) is 24.7 Å². The molecule has 0 amide bonds. The fraction of sp³-hybridized carbons (Fsp3) is 0. The van der Waals surface area contributed by atoms with Crippen LogP contribution in [0.3, 0.4) is 0 Å². The Morgan fingerprint density at radius 2 is 2.00 bits per heavy atom. The Kier molecular flexibility index (Phi) is 10.8. The topological polar surface area (TPSA) is 0 Å². The average molecular weight is 423 g/mol. The van der Waals surface area contributed by atoms with Gasteiger partial charge in [-0.3, -0.25) is 0 Å². The monoisotopic (exact) mass is 421 g/mol. The first kappa shape index (κ1) is 12.5. The van der Waals surface area contributed by atoms with Crippen molar-refractivity contribution in [3.05, 3.63) is 16.9 Å². The third-order valence-corrected chi connectivity index (χ3v) is 7.37. The summed E-state index contributed by atoms with van der Waals surface area (Å²) in [6.07, 6.45) is 4.47. The van der Waals surface area contributed by atoms with Gasteiger partial charge in [-0.05, 0) is 0 Å². The van der Waals surface area contributed by atoms with E-state index < -0.39 is 0 Å². The van der Waals surface area contributed by atoms with Crippen molar-refractivity contribution in [2.24, 2.45) is 0 Å². The first-order valence-electron chi connectivity index (χ1n) is 1.74. The molecule has 0 bridgehead atoms. The fourth-order valence-corrected chi connectivity index (χ4v) is 4.56. The molecule has 0 atom stereocenters. The van der Waals surface area contributed by atoms with E-state index in [4.69, 9.17) is 0 Å². The van der Waals surface area contributed by atoms with Gasteiger partial charge in [0.1, 0.15) is 0 Å². The van der Waals surface area contributed by atoms with Crippen LogP contribution in [0.2, 0.25) is 0 Å². The van der Waals surface area contributed by atoms with E-state index >= 15 is 0 Å². The second-order valence-corrected chi connectivity index (χ2v) is 11.7. The Bertz CT molecular complexity index is 111. The summed E-state index contributed by atoms with van der Waals surface area (Å²) in [6, 6.07) is 0. The molecule has 0 aliphatic carbocycles. The summed E-state index contributed by atoms with van der Waals surface area (Å²) in [4.78, 5) is 0. The fourth-order valence-electron chi connectivity index (χ4n) is 0.330. The second-order valence-electron chi connectivity index (χ2n) is 1.08. The van der Waals surface area contributed by atoms with E-state index in [2.05, 4.69) is 15.9 Å². The normalized spacial score (nSPS) is 14.0. The van der Waals surface area contributed by atoms with Gasteiger partial charge in [0.2, 0.25) is 0 Å². The maximum absolute atomic E-state index is 2.38. The van der Waals surface area contributed by atoms with Crippen molar-refractivity contribution in [1.29, 1.82) is 0 Å². The molecule has 0 radical (unpaired) electrons. The zero-order valence-electron chi connectivity index (χ0n) is 3.99. The molecule has 0 aromatic carbocycles. The van der Waals surface area contributed by atoms with Gasteiger partial charge in [-0.2, -0.15) is 0 Å².